The molecule has 0 unspecified atom stereocenters. The van der Waals surface area contributed by atoms with Crippen LogP contribution in [0, 0.1) is 6.92 Å². The Hall–Kier alpha value is -2.11. The number of hydrogen-bond acceptors (Lipinski definition) is 3. The Bertz CT molecular complexity index is 583. The lowest BCUT2D eigenvalue weighted by Gasteiger charge is -2.16. The number of nitrogens with one attached hydrogen (secondary N) is 2. The van der Waals surface area contributed by atoms with Crippen LogP contribution in [0.2, 0.25) is 0 Å². The van der Waals surface area contributed by atoms with Crippen LogP contribution in [0.1, 0.15) is 34.8 Å². The van der Waals surface area contributed by atoms with Crippen LogP contribution in [0.5, 0.6) is 0 Å². The Morgan fingerprint density at radius 3 is 3.17 bits per heavy atom. The Labute approximate surface area is 104 Å². The molecule has 0 aromatic carbocycles. The van der Waals surface area contributed by atoms with Crippen molar-refractivity contribution in [2.24, 2.45) is 0 Å². The monoisotopic (exact) mass is 245 g/mol. The number of rotatable bonds is 2. The van der Waals surface area contributed by atoms with Gasteiger partial charge in [0.05, 0.1) is 6.20 Å². The number of fused-ring (bicyclic) bond motifs is 1. The number of H-pyrrole nitrogens is 1. The summed E-state index contributed by atoms with van der Waals surface area (Å²) >= 11 is 0. The van der Waals surface area contributed by atoms with E-state index in [2.05, 4.69) is 25.1 Å². The summed E-state index contributed by atoms with van der Waals surface area (Å²) in [5.74, 6) is 1.61. The summed E-state index contributed by atoms with van der Waals surface area (Å²) in [4.78, 5) is 16.3. The minimum Gasteiger partial charge on any atom is -0.315 e. The largest absolute Gasteiger partial charge is 0.315 e. The molecule has 18 heavy (non-hydrogen) atoms. The number of aryl methyl sites for hydroxylation is 2. The highest BCUT2D eigenvalue weighted by molar-refractivity contribution is 6.02. The molecule has 0 atom stereocenters. The van der Waals surface area contributed by atoms with E-state index in [1.807, 2.05) is 6.92 Å². The van der Waals surface area contributed by atoms with Crippen LogP contribution < -0.4 is 5.32 Å². The molecular formula is C12H15N5O. The molecule has 0 saturated carbocycles. The second-order valence-corrected chi connectivity index (χ2v) is 4.56. The molecule has 0 saturated heterocycles. The van der Waals surface area contributed by atoms with Gasteiger partial charge in [-0.2, -0.15) is 5.10 Å². The molecule has 3 heterocycles. The molecule has 2 aromatic rings. The van der Waals surface area contributed by atoms with E-state index >= 15 is 0 Å². The van der Waals surface area contributed by atoms with E-state index in [4.69, 9.17) is 0 Å². The zero-order chi connectivity index (χ0) is 12.5. The zero-order valence-electron chi connectivity index (χ0n) is 10.2. The van der Waals surface area contributed by atoms with Gasteiger partial charge in [0.1, 0.15) is 11.6 Å². The molecule has 0 bridgehead atoms. The fourth-order valence-electron chi connectivity index (χ4n) is 2.23. The van der Waals surface area contributed by atoms with E-state index in [1.165, 1.54) is 6.42 Å². The summed E-state index contributed by atoms with van der Waals surface area (Å²) in [6.45, 7) is 2.79. The molecule has 2 N–H and O–H groups in total. The molecule has 3 rings (SSSR count). The lowest BCUT2D eigenvalue weighted by molar-refractivity contribution is 0.102. The predicted molar refractivity (Wildman–Crippen MR) is 66.4 cm³/mol. The maximum Gasteiger partial charge on any atom is 0.277 e. The van der Waals surface area contributed by atoms with Gasteiger partial charge in [0, 0.05) is 18.7 Å². The van der Waals surface area contributed by atoms with Crippen LogP contribution in [0.25, 0.3) is 0 Å². The highest BCUT2D eigenvalue weighted by atomic mass is 16.2. The molecule has 0 radical (unpaired) electrons. The Kier molecular flexibility index (Phi) is 2.62. The van der Waals surface area contributed by atoms with Crippen LogP contribution in [-0.2, 0) is 13.0 Å². The first-order valence-corrected chi connectivity index (χ1v) is 6.12. The topological polar surface area (TPSA) is 75.6 Å². The van der Waals surface area contributed by atoms with Crippen LogP contribution in [-0.4, -0.2) is 25.7 Å². The SMILES string of the molecule is Cc1cc(C(=O)Nc2cnc3n2CCCC3)n[nH]1. The number of amides is 1. The fraction of sp³-hybridized carbons (Fsp3) is 0.417. The van der Waals surface area contributed by atoms with Crippen LogP contribution in [0.15, 0.2) is 12.3 Å². The number of hydrogen-bond donors (Lipinski definition) is 2. The molecule has 0 aliphatic carbocycles. The van der Waals surface area contributed by atoms with Gasteiger partial charge in [-0.05, 0) is 25.8 Å². The first-order valence-electron chi connectivity index (χ1n) is 6.12. The lowest BCUT2D eigenvalue weighted by atomic mass is 10.2. The summed E-state index contributed by atoms with van der Waals surface area (Å²) in [5, 5.41) is 9.56. The zero-order valence-corrected chi connectivity index (χ0v) is 10.2. The Morgan fingerprint density at radius 1 is 1.50 bits per heavy atom. The van der Waals surface area contributed by atoms with E-state index in [0.29, 0.717) is 5.69 Å². The first-order chi connectivity index (χ1) is 8.74. The fourth-order valence-corrected chi connectivity index (χ4v) is 2.23. The number of carbonyl (C=O) groups excluding carboxylic acids is 1. The quantitative estimate of drug-likeness (QED) is 0.842. The molecule has 6 heteroatoms. The minimum absolute atomic E-state index is 0.201. The average Bonchev–Trinajstić information content (AvgIpc) is 2.97. The minimum atomic E-state index is -0.201. The van der Waals surface area contributed by atoms with Gasteiger partial charge in [0.25, 0.3) is 5.91 Å². The van der Waals surface area contributed by atoms with E-state index in [0.717, 1.165) is 36.7 Å². The molecule has 0 spiro atoms. The van der Waals surface area contributed by atoms with Crippen molar-refractivity contribution >= 4 is 11.7 Å². The number of aromatic amines is 1. The number of anilines is 1. The van der Waals surface area contributed by atoms with Crippen molar-refractivity contribution in [3.05, 3.63) is 29.5 Å². The van der Waals surface area contributed by atoms with Crippen LogP contribution in [0.4, 0.5) is 5.82 Å². The summed E-state index contributed by atoms with van der Waals surface area (Å²) in [6.07, 6.45) is 5.01. The van der Waals surface area contributed by atoms with Crippen LogP contribution >= 0.6 is 0 Å². The van der Waals surface area contributed by atoms with Crippen molar-refractivity contribution in [3.63, 3.8) is 0 Å². The van der Waals surface area contributed by atoms with Gasteiger partial charge >= 0.3 is 0 Å². The average molecular weight is 245 g/mol. The Morgan fingerprint density at radius 2 is 2.39 bits per heavy atom. The molecule has 1 aliphatic rings. The molecule has 1 amide bonds. The van der Waals surface area contributed by atoms with Gasteiger partial charge in [-0.3, -0.25) is 9.89 Å². The number of carbonyl (C=O) groups is 1. The summed E-state index contributed by atoms with van der Waals surface area (Å²) in [6, 6.07) is 1.73. The summed E-state index contributed by atoms with van der Waals surface area (Å²) in [7, 11) is 0. The molecular weight excluding hydrogens is 230 g/mol. The van der Waals surface area contributed by atoms with Gasteiger partial charge in [0.2, 0.25) is 0 Å². The van der Waals surface area contributed by atoms with Crippen molar-refractivity contribution in [2.75, 3.05) is 5.32 Å². The molecule has 6 nitrogen and oxygen atoms in total. The third kappa shape index (κ3) is 1.90. The van der Waals surface area contributed by atoms with Gasteiger partial charge in [-0.15, -0.1) is 0 Å². The van der Waals surface area contributed by atoms with Gasteiger partial charge in [-0.25, -0.2) is 4.98 Å². The van der Waals surface area contributed by atoms with Gasteiger partial charge in [0.15, 0.2) is 5.69 Å². The van der Waals surface area contributed by atoms with Crippen molar-refractivity contribution < 1.29 is 4.79 Å². The standard InChI is InChI=1S/C12H15N5O/c1-8-6-9(16-15-8)12(18)14-11-7-13-10-4-2-3-5-17(10)11/h6-7H,2-5H2,1H3,(H,14,18)(H,15,16). The normalized spacial score (nSPS) is 14.3. The molecule has 1 aliphatic heterocycles. The molecule has 0 fully saturated rings. The number of aromatic nitrogens is 4. The maximum absolute atomic E-state index is 12.0. The highest BCUT2D eigenvalue weighted by Crippen LogP contribution is 2.19. The second kappa shape index (κ2) is 4.29. The number of imidazole rings is 1. The van der Waals surface area contributed by atoms with Crippen molar-refractivity contribution in [2.45, 2.75) is 32.7 Å². The van der Waals surface area contributed by atoms with Gasteiger partial charge < -0.3 is 9.88 Å². The van der Waals surface area contributed by atoms with E-state index in [9.17, 15) is 4.79 Å². The molecule has 2 aromatic heterocycles. The van der Waals surface area contributed by atoms with E-state index < -0.39 is 0 Å². The third-order valence-corrected chi connectivity index (χ3v) is 3.15. The number of nitrogens with zero attached hydrogens (tertiary/aromatic N) is 3. The molecule has 94 valence electrons. The van der Waals surface area contributed by atoms with Crippen molar-refractivity contribution in [1.29, 1.82) is 0 Å². The predicted octanol–water partition coefficient (Wildman–Crippen LogP) is 1.50. The maximum atomic E-state index is 12.0. The van der Waals surface area contributed by atoms with E-state index in [1.54, 1.807) is 12.3 Å². The first kappa shape index (κ1) is 11.0. The second-order valence-electron chi connectivity index (χ2n) is 4.56. The summed E-state index contributed by atoms with van der Waals surface area (Å²) < 4.78 is 2.07. The van der Waals surface area contributed by atoms with Gasteiger partial charge in [-0.1, -0.05) is 0 Å². The highest BCUT2D eigenvalue weighted by Gasteiger charge is 2.17. The summed E-state index contributed by atoms with van der Waals surface area (Å²) in [5.41, 5.74) is 1.27. The van der Waals surface area contributed by atoms with Crippen LogP contribution in [0.3, 0.4) is 0 Å². The smallest absolute Gasteiger partial charge is 0.277 e. The van der Waals surface area contributed by atoms with E-state index in [-0.39, 0.29) is 5.91 Å². The third-order valence-electron chi connectivity index (χ3n) is 3.15. The Balaban J connectivity index is 1.80. The van der Waals surface area contributed by atoms with Crippen molar-refractivity contribution in [1.82, 2.24) is 19.7 Å². The van der Waals surface area contributed by atoms with Crippen molar-refractivity contribution in [3.8, 4) is 0 Å². The lowest BCUT2D eigenvalue weighted by Crippen LogP contribution is -2.18.